The van der Waals surface area contributed by atoms with Gasteiger partial charge in [-0.1, -0.05) is 24.6 Å². The van der Waals surface area contributed by atoms with E-state index in [1.165, 1.54) is 0 Å². The molecule has 1 aliphatic carbocycles. The SMILES string of the molecule is CC(c1cc2ccccc2o1)N(C)C(=O)C[C@@H]1CCC[C@H]1N.Cl. The smallest absolute Gasteiger partial charge is 0.223 e. The van der Waals surface area contributed by atoms with Crippen molar-refractivity contribution in [2.75, 3.05) is 7.05 Å². The molecule has 1 saturated carbocycles. The lowest BCUT2D eigenvalue weighted by Crippen LogP contribution is -2.34. The van der Waals surface area contributed by atoms with E-state index in [9.17, 15) is 4.79 Å². The first-order chi connectivity index (χ1) is 10.6. The van der Waals surface area contributed by atoms with Gasteiger partial charge in [-0.3, -0.25) is 4.79 Å². The Hall–Kier alpha value is -1.52. The first-order valence-electron chi connectivity index (χ1n) is 8.06. The van der Waals surface area contributed by atoms with Gasteiger partial charge >= 0.3 is 0 Å². The van der Waals surface area contributed by atoms with Crippen molar-refractivity contribution in [3.8, 4) is 0 Å². The van der Waals surface area contributed by atoms with Crippen LogP contribution in [0.3, 0.4) is 0 Å². The second kappa shape index (κ2) is 7.37. The summed E-state index contributed by atoms with van der Waals surface area (Å²) in [7, 11) is 1.85. The highest BCUT2D eigenvalue weighted by Crippen LogP contribution is 2.30. The summed E-state index contributed by atoms with van der Waals surface area (Å²) in [5, 5.41) is 1.07. The molecule has 0 spiro atoms. The van der Waals surface area contributed by atoms with Gasteiger partial charge in [0.2, 0.25) is 5.91 Å². The number of carbonyl (C=O) groups is 1. The van der Waals surface area contributed by atoms with Gasteiger partial charge in [0.1, 0.15) is 11.3 Å². The molecule has 1 unspecified atom stereocenters. The first-order valence-corrected chi connectivity index (χ1v) is 8.06. The minimum Gasteiger partial charge on any atom is -0.459 e. The lowest BCUT2D eigenvalue weighted by Gasteiger charge is -2.25. The number of para-hydroxylation sites is 1. The predicted molar refractivity (Wildman–Crippen MR) is 94.6 cm³/mol. The summed E-state index contributed by atoms with van der Waals surface area (Å²) in [6, 6.07) is 10.0. The molecule has 0 saturated heterocycles. The van der Waals surface area contributed by atoms with Crippen LogP contribution in [-0.2, 0) is 4.79 Å². The van der Waals surface area contributed by atoms with E-state index in [0.29, 0.717) is 12.3 Å². The molecule has 0 bridgehead atoms. The van der Waals surface area contributed by atoms with Crippen molar-refractivity contribution in [3.63, 3.8) is 0 Å². The molecule has 2 N–H and O–H groups in total. The Balaban J connectivity index is 0.00000192. The molecule has 4 nitrogen and oxygen atoms in total. The Morgan fingerprint density at radius 2 is 2.13 bits per heavy atom. The summed E-state index contributed by atoms with van der Waals surface area (Å²) in [5.41, 5.74) is 6.94. The number of amides is 1. The van der Waals surface area contributed by atoms with E-state index in [1.807, 2.05) is 44.3 Å². The fraction of sp³-hybridized carbons (Fsp3) is 0.500. The van der Waals surface area contributed by atoms with E-state index in [-0.39, 0.29) is 30.4 Å². The van der Waals surface area contributed by atoms with E-state index in [2.05, 4.69) is 0 Å². The Morgan fingerprint density at radius 3 is 2.78 bits per heavy atom. The molecule has 3 atom stereocenters. The Labute approximate surface area is 143 Å². The fourth-order valence-electron chi connectivity index (χ4n) is 3.30. The largest absolute Gasteiger partial charge is 0.459 e. The summed E-state index contributed by atoms with van der Waals surface area (Å²) in [6.45, 7) is 2.00. The second-order valence-electron chi connectivity index (χ2n) is 6.43. The van der Waals surface area contributed by atoms with E-state index in [0.717, 1.165) is 36.0 Å². The van der Waals surface area contributed by atoms with Gasteiger partial charge in [-0.05, 0) is 37.8 Å². The van der Waals surface area contributed by atoms with E-state index in [1.54, 1.807) is 4.90 Å². The van der Waals surface area contributed by atoms with Crippen LogP contribution in [0.1, 0.15) is 44.4 Å². The number of nitrogens with zero attached hydrogens (tertiary/aromatic N) is 1. The van der Waals surface area contributed by atoms with Crippen molar-refractivity contribution in [1.29, 1.82) is 0 Å². The van der Waals surface area contributed by atoms with Gasteiger partial charge < -0.3 is 15.1 Å². The summed E-state index contributed by atoms with van der Waals surface area (Å²) < 4.78 is 5.87. The van der Waals surface area contributed by atoms with Gasteiger partial charge in [0.25, 0.3) is 0 Å². The van der Waals surface area contributed by atoms with Gasteiger partial charge in [-0.15, -0.1) is 12.4 Å². The number of nitrogens with two attached hydrogens (primary N) is 1. The van der Waals surface area contributed by atoms with Crippen LogP contribution in [-0.4, -0.2) is 23.9 Å². The maximum absolute atomic E-state index is 12.5. The highest BCUT2D eigenvalue weighted by atomic mass is 35.5. The van der Waals surface area contributed by atoms with Crippen LogP contribution in [0.25, 0.3) is 11.0 Å². The van der Waals surface area contributed by atoms with Crippen LogP contribution in [0.4, 0.5) is 0 Å². The molecule has 3 rings (SSSR count). The predicted octanol–water partition coefficient (Wildman–Crippen LogP) is 3.89. The maximum atomic E-state index is 12.5. The van der Waals surface area contributed by atoms with E-state index >= 15 is 0 Å². The normalized spacial score (nSPS) is 21.9. The highest BCUT2D eigenvalue weighted by Gasteiger charge is 2.29. The van der Waals surface area contributed by atoms with Gasteiger partial charge in [0, 0.05) is 24.9 Å². The fourth-order valence-corrected chi connectivity index (χ4v) is 3.30. The molecule has 0 radical (unpaired) electrons. The molecule has 1 heterocycles. The molecule has 1 aliphatic rings. The molecule has 1 aromatic heterocycles. The van der Waals surface area contributed by atoms with E-state index in [4.69, 9.17) is 10.2 Å². The molecule has 2 aromatic rings. The van der Waals surface area contributed by atoms with Crippen LogP contribution >= 0.6 is 12.4 Å². The number of rotatable bonds is 4. The van der Waals surface area contributed by atoms with Crippen LogP contribution in [0.15, 0.2) is 34.7 Å². The molecule has 1 fully saturated rings. The van der Waals surface area contributed by atoms with Crippen LogP contribution in [0.5, 0.6) is 0 Å². The van der Waals surface area contributed by atoms with Gasteiger partial charge in [0.05, 0.1) is 6.04 Å². The number of hydrogen-bond acceptors (Lipinski definition) is 3. The zero-order valence-electron chi connectivity index (χ0n) is 13.7. The average Bonchev–Trinajstić information content (AvgIpc) is 3.12. The van der Waals surface area contributed by atoms with Crippen molar-refractivity contribution in [2.24, 2.45) is 11.7 Å². The lowest BCUT2D eigenvalue weighted by atomic mass is 9.99. The van der Waals surface area contributed by atoms with Gasteiger partial charge in [-0.25, -0.2) is 0 Å². The third-order valence-electron chi connectivity index (χ3n) is 4.99. The summed E-state index contributed by atoms with van der Waals surface area (Å²) >= 11 is 0. The zero-order chi connectivity index (χ0) is 15.7. The number of halogens is 1. The third-order valence-corrected chi connectivity index (χ3v) is 4.99. The quantitative estimate of drug-likeness (QED) is 0.921. The summed E-state index contributed by atoms with van der Waals surface area (Å²) in [6.07, 6.45) is 3.80. The van der Waals surface area contributed by atoms with Crippen LogP contribution < -0.4 is 5.73 Å². The van der Waals surface area contributed by atoms with Crippen LogP contribution in [0, 0.1) is 5.92 Å². The molecular formula is C18H25ClN2O2. The maximum Gasteiger partial charge on any atom is 0.223 e. The van der Waals surface area contributed by atoms with Crippen molar-refractivity contribution < 1.29 is 9.21 Å². The number of furan rings is 1. The molecule has 5 heteroatoms. The van der Waals surface area contributed by atoms with Crippen molar-refractivity contribution >= 4 is 29.3 Å². The Bertz CT molecular complexity index is 637. The minimum absolute atomic E-state index is 0. The molecule has 23 heavy (non-hydrogen) atoms. The van der Waals surface area contributed by atoms with Crippen LogP contribution in [0.2, 0.25) is 0 Å². The molecule has 0 aliphatic heterocycles. The van der Waals surface area contributed by atoms with Crippen molar-refractivity contribution in [3.05, 3.63) is 36.1 Å². The number of fused-ring (bicyclic) bond motifs is 1. The number of hydrogen-bond donors (Lipinski definition) is 1. The second-order valence-corrected chi connectivity index (χ2v) is 6.43. The first kappa shape index (κ1) is 17.8. The highest BCUT2D eigenvalue weighted by molar-refractivity contribution is 5.85. The Morgan fingerprint density at radius 1 is 1.39 bits per heavy atom. The minimum atomic E-state index is -0.0717. The average molecular weight is 337 g/mol. The molecule has 1 amide bonds. The topological polar surface area (TPSA) is 59.5 Å². The third kappa shape index (κ3) is 3.70. The number of carbonyl (C=O) groups excluding carboxylic acids is 1. The molecule has 126 valence electrons. The lowest BCUT2D eigenvalue weighted by molar-refractivity contribution is -0.133. The van der Waals surface area contributed by atoms with E-state index < -0.39 is 0 Å². The summed E-state index contributed by atoms with van der Waals surface area (Å²) in [4.78, 5) is 14.3. The number of benzene rings is 1. The standard InChI is InChI=1S/C18H24N2O2.ClH/c1-12(17-10-14-6-3-4-9-16(14)22-17)20(2)18(21)11-13-7-5-8-15(13)19;/h3-4,6,9-10,12-13,15H,5,7-8,11,19H2,1-2H3;1H/t12?,13-,15+;/m0./s1. The van der Waals surface area contributed by atoms with Gasteiger partial charge in [-0.2, -0.15) is 0 Å². The van der Waals surface area contributed by atoms with Gasteiger partial charge in [0.15, 0.2) is 0 Å². The summed E-state index contributed by atoms with van der Waals surface area (Å²) in [5.74, 6) is 1.31. The van der Waals surface area contributed by atoms with Crippen molar-refractivity contribution in [2.45, 2.75) is 44.7 Å². The van der Waals surface area contributed by atoms with Crippen molar-refractivity contribution in [1.82, 2.24) is 4.90 Å². The molecular weight excluding hydrogens is 312 g/mol. The zero-order valence-corrected chi connectivity index (χ0v) is 14.5. The monoisotopic (exact) mass is 336 g/mol. The Kier molecular flexibility index (Phi) is 5.71. The molecule has 1 aromatic carbocycles.